The summed E-state index contributed by atoms with van der Waals surface area (Å²) in [6, 6.07) is 4.88. The molecule has 2 spiro atoms. The molecule has 5 aliphatic rings. The van der Waals surface area contributed by atoms with Gasteiger partial charge in [-0.1, -0.05) is 0 Å². The molecule has 1 aromatic heterocycles. The van der Waals surface area contributed by atoms with E-state index in [1.807, 2.05) is 12.3 Å². The maximum atomic E-state index is 11.1. The third-order valence-electron chi connectivity index (χ3n) is 8.11. The minimum absolute atomic E-state index is 0.257. The zero-order chi connectivity index (χ0) is 20.3. The second-order valence-electron chi connectivity index (χ2n) is 10.3. The minimum Gasteiger partial charge on any atom is -0.465 e. The molecule has 1 saturated carbocycles. The first-order valence-electron chi connectivity index (χ1n) is 11.3. The number of amides is 1. The molecule has 1 N–H and O–H groups in total. The standard InChI is InChI=1S/C22H31N5O3/c28-20(29)27-11-21(12-27)4-3-17(10-21)24-6-8-25(9-7-24)19-18(2-1-5-23-19)26-13-22(14-26)15-30-16-22/h1-2,5,17H,3-4,6-16H2,(H,28,29)/t17-/m1/s1. The van der Waals surface area contributed by atoms with E-state index in [0.29, 0.717) is 11.5 Å². The van der Waals surface area contributed by atoms with Crippen LogP contribution in [0.5, 0.6) is 0 Å². The van der Waals surface area contributed by atoms with E-state index in [9.17, 15) is 4.79 Å². The predicted molar refractivity (Wildman–Crippen MR) is 113 cm³/mol. The summed E-state index contributed by atoms with van der Waals surface area (Å²) in [5, 5.41) is 9.15. The first-order valence-corrected chi connectivity index (χ1v) is 11.3. The second kappa shape index (κ2) is 6.72. The number of carbonyl (C=O) groups is 1. The van der Waals surface area contributed by atoms with Crippen LogP contribution in [0.15, 0.2) is 18.3 Å². The molecule has 0 unspecified atom stereocenters. The fourth-order valence-corrected chi connectivity index (χ4v) is 6.36. The van der Waals surface area contributed by atoms with Crippen LogP contribution in [0, 0.1) is 10.8 Å². The number of pyridine rings is 1. The molecule has 162 valence electrons. The summed E-state index contributed by atoms with van der Waals surface area (Å²) in [5.74, 6) is 1.13. The van der Waals surface area contributed by atoms with Crippen molar-refractivity contribution in [1.82, 2.24) is 14.8 Å². The minimum atomic E-state index is -0.762. The number of rotatable bonds is 3. The van der Waals surface area contributed by atoms with Crippen molar-refractivity contribution >= 4 is 17.6 Å². The van der Waals surface area contributed by atoms with Gasteiger partial charge in [0.25, 0.3) is 0 Å². The molecule has 1 atom stereocenters. The van der Waals surface area contributed by atoms with Crippen molar-refractivity contribution in [3.63, 3.8) is 0 Å². The quantitative estimate of drug-likeness (QED) is 0.806. The van der Waals surface area contributed by atoms with Gasteiger partial charge in [0.1, 0.15) is 0 Å². The molecule has 30 heavy (non-hydrogen) atoms. The Morgan fingerprint density at radius 3 is 2.50 bits per heavy atom. The van der Waals surface area contributed by atoms with E-state index in [1.165, 1.54) is 18.5 Å². The molecular formula is C22H31N5O3. The van der Waals surface area contributed by atoms with Gasteiger partial charge in [0.05, 0.1) is 24.3 Å². The lowest BCUT2D eigenvalue weighted by atomic mass is 9.78. The molecule has 8 nitrogen and oxygen atoms in total. The van der Waals surface area contributed by atoms with Crippen LogP contribution in [-0.4, -0.2) is 97.6 Å². The number of anilines is 2. The summed E-state index contributed by atoms with van der Waals surface area (Å²) in [4.78, 5) is 25.0. The first kappa shape index (κ1) is 18.7. The lowest BCUT2D eigenvalue weighted by Crippen LogP contribution is -2.66. The van der Waals surface area contributed by atoms with Crippen molar-refractivity contribution in [3.05, 3.63) is 18.3 Å². The lowest BCUT2D eigenvalue weighted by Gasteiger charge is -2.56. The maximum Gasteiger partial charge on any atom is 0.407 e. The van der Waals surface area contributed by atoms with Crippen LogP contribution in [0.3, 0.4) is 0 Å². The fourth-order valence-electron chi connectivity index (χ4n) is 6.36. The summed E-state index contributed by atoms with van der Waals surface area (Å²) < 4.78 is 5.43. The highest BCUT2D eigenvalue weighted by molar-refractivity contribution is 5.69. The van der Waals surface area contributed by atoms with Crippen LogP contribution < -0.4 is 9.80 Å². The largest absolute Gasteiger partial charge is 0.465 e. The van der Waals surface area contributed by atoms with Gasteiger partial charge < -0.3 is 24.5 Å². The van der Waals surface area contributed by atoms with Gasteiger partial charge in [-0.3, -0.25) is 4.90 Å². The van der Waals surface area contributed by atoms with Gasteiger partial charge >= 0.3 is 6.09 Å². The number of nitrogens with zero attached hydrogens (tertiary/aromatic N) is 5. The molecule has 0 bridgehead atoms. The SMILES string of the molecule is O=C(O)N1CC2(CC[C@@H](N3CCN(c4ncccc4N4CC5(COC5)C4)CC3)C2)C1. The van der Waals surface area contributed by atoms with E-state index in [4.69, 9.17) is 14.8 Å². The molecule has 5 fully saturated rings. The van der Waals surface area contributed by atoms with Crippen molar-refractivity contribution in [2.75, 3.05) is 75.4 Å². The van der Waals surface area contributed by atoms with Crippen LogP contribution in [-0.2, 0) is 4.74 Å². The van der Waals surface area contributed by atoms with Crippen molar-refractivity contribution in [3.8, 4) is 0 Å². The summed E-state index contributed by atoms with van der Waals surface area (Å²) in [6.07, 6.45) is 4.69. The Bertz CT molecular complexity index is 822. The number of aromatic nitrogens is 1. The van der Waals surface area contributed by atoms with E-state index in [0.717, 1.165) is 77.8 Å². The number of carboxylic acid groups (broad SMARTS) is 1. The highest BCUT2D eigenvalue weighted by Crippen LogP contribution is 2.47. The van der Waals surface area contributed by atoms with Crippen LogP contribution in [0.2, 0.25) is 0 Å². The smallest absolute Gasteiger partial charge is 0.407 e. The average Bonchev–Trinajstić information content (AvgIpc) is 3.11. The molecule has 4 aliphatic heterocycles. The van der Waals surface area contributed by atoms with Gasteiger partial charge in [0.15, 0.2) is 5.82 Å². The molecule has 5 heterocycles. The van der Waals surface area contributed by atoms with Crippen molar-refractivity contribution in [2.24, 2.45) is 10.8 Å². The van der Waals surface area contributed by atoms with Gasteiger partial charge in [0.2, 0.25) is 0 Å². The summed E-state index contributed by atoms with van der Waals surface area (Å²) >= 11 is 0. The predicted octanol–water partition coefficient (Wildman–Crippen LogP) is 1.57. The number of hydrogen-bond donors (Lipinski definition) is 1. The van der Waals surface area contributed by atoms with E-state index in [-0.39, 0.29) is 5.41 Å². The Morgan fingerprint density at radius 1 is 1.07 bits per heavy atom. The topological polar surface area (TPSA) is 72.4 Å². The number of ether oxygens (including phenoxy) is 1. The lowest BCUT2D eigenvalue weighted by molar-refractivity contribution is -0.127. The summed E-state index contributed by atoms with van der Waals surface area (Å²) in [7, 11) is 0. The van der Waals surface area contributed by atoms with Crippen LogP contribution in [0.1, 0.15) is 19.3 Å². The van der Waals surface area contributed by atoms with Gasteiger partial charge in [-0.15, -0.1) is 0 Å². The zero-order valence-corrected chi connectivity index (χ0v) is 17.5. The average molecular weight is 414 g/mol. The van der Waals surface area contributed by atoms with Gasteiger partial charge in [-0.05, 0) is 31.4 Å². The number of likely N-dealkylation sites (tertiary alicyclic amines) is 1. The molecule has 1 aromatic rings. The molecular weight excluding hydrogens is 382 g/mol. The molecule has 0 aromatic carbocycles. The van der Waals surface area contributed by atoms with Gasteiger partial charge in [-0.25, -0.2) is 9.78 Å². The molecule has 8 heteroatoms. The monoisotopic (exact) mass is 413 g/mol. The maximum absolute atomic E-state index is 11.1. The fraction of sp³-hybridized carbons (Fsp3) is 0.727. The highest BCUT2D eigenvalue weighted by atomic mass is 16.5. The number of piperazine rings is 1. The van der Waals surface area contributed by atoms with Crippen molar-refractivity contribution in [2.45, 2.75) is 25.3 Å². The highest BCUT2D eigenvalue weighted by Gasteiger charge is 2.51. The molecule has 1 aliphatic carbocycles. The Hall–Kier alpha value is -2.06. The molecule has 0 radical (unpaired) electrons. The van der Waals surface area contributed by atoms with Gasteiger partial charge in [-0.2, -0.15) is 0 Å². The van der Waals surface area contributed by atoms with Crippen molar-refractivity contribution < 1.29 is 14.6 Å². The normalized spacial score (nSPS) is 29.6. The third-order valence-corrected chi connectivity index (χ3v) is 8.11. The van der Waals surface area contributed by atoms with Crippen molar-refractivity contribution in [1.29, 1.82) is 0 Å². The molecule has 6 rings (SSSR count). The zero-order valence-electron chi connectivity index (χ0n) is 17.5. The Labute approximate surface area is 177 Å². The van der Waals surface area contributed by atoms with E-state index >= 15 is 0 Å². The van der Waals surface area contributed by atoms with Crippen LogP contribution in [0.25, 0.3) is 0 Å². The van der Waals surface area contributed by atoms with Crippen LogP contribution >= 0.6 is 0 Å². The van der Waals surface area contributed by atoms with Crippen LogP contribution in [0.4, 0.5) is 16.3 Å². The summed E-state index contributed by atoms with van der Waals surface area (Å²) in [5.41, 5.74) is 1.93. The van der Waals surface area contributed by atoms with E-state index in [1.54, 1.807) is 4.90 Å². The third kappa shape index (κ3) is 2.95. The molecule has 4 saturated heterocycles. The molecule has 1 amide bonds. The van der Waals surface area contributed by atoms with E-state index in [2.05, 4.69) is 20.8 Å². The summed E-state index contributed by atoms with van der Waals surface area (Å²) in [6.45, 7) is 9.61. The second-order valence-corrected chi connectivity index (χ2v) is 10.3. The Kier molecular flexibility index (Phi) is 4.19. The first-order chi connectivity index (χ1) is 14.5. The Morgan fingerprint density at radius 2 is 1.83 bits per heavy atom. The Balaban J connectivity index is 1.06. The number of hydrogen-bond acceptors (Lipinski definition) is 6. The van der Waals surface area contributed by atoms with Gasteiger partial charge in [0, 0.05) is 70.0 Å². The van der Waals surface area contributed by atoms with E-state index < -0.39 is 6.09 Å².